The van der Waals surface area contributed by atoms with Gasteiger partial charge in [0.2, 0.25) is 0 Å². The van der Waals surface area contributed by atoms with Crippen molar-refractivity contribution in [2.24, 2.45) is 0 Å². The van der Waals surface area contributed by atoms with Crippen molar-refractivity contribution in [1.82, 2.24) is 0 Å². The van der Waals surface area contributed by atoms with Gasteiger partial charge in [-0.05, 0) is 25.7 Å². The number of benzene rings is 2. The highest BCUT2D eigenvalue weighted by Crippen LogP contribution is 2.36. The van der Waals surface area contributed by atoms with Gasteiger partial charge < -0.3 is 9.47 Å². The van der Waals surface area contributed by atoms with Crippen molar-refractivity contribution in [2.45, 2.75) is 43.8 Å². The number of ether oxygens (including phenoxy) is 2. The maximum absolute atomic E-state index is 13.2. The van der Waals surface area contributed by atoms with E-state index in [0.29, 0.717) is 11.1 Å². The molecule has 1 fully saturated rings. The maximum Gasteiger partial charge on any atom is 0.419 e. The molecule has 2 aromatic rings. The molecular formula is C21H21O4. The number of rotatable bonds is 6. The van der Waals surface area contributed by atoms with Crippen molar-refractivity contribution in [2.75, 3.05) is 0 Å². The summed E-state index contributed by atoms with van der Waals surface area (Å²) in [5.41, 5.74) is -0.544. The molecule has 25 heavy (non-hydrogen) atoms. The van der Waals surface area contributed by atoms with Crippen LogP contribution in [0.3, 0.4) is 0 Å². The van der Waals surface area contributed by atoms with Crippen LogP contribution < -0.4 is 0 Å². The molecule has 4 nitrogen and oxygen atoms in total. The standard InChI is InChI=1S/C21H21O4/c22-16-24-21(17-10-4-1-5-11-17,18-12-6-2-7-13-18)20(23)25-19-14-8-3-9-15-19/h1-2,4-7,10-13,19H,3,8-9,14-15H2. The van der Waals surface area contributed by atoms with E-state index < -0.39 is 11.6 Å². The third kappa shape index (κ3) is 3.58. The molecule has 3 rings (SSSR count). The Morgan fingerprint density at radius 1 is 0.880 bits per heavy atom. The molecule has 0 aromatic heterocycles. The first-order valence-corrected chi connectivity index (χ1v) is 8.64. The van der Waals surface area contributed by atoms with E-state index in [1.54, 1.807) is 48.5 Å². The van der Waals surface area contributed by atoms with Crippen LogP contribution in [-0.2, 0) is 24.7 Å². The summed E-state index contributed by atoms with van der Waals surface area (Å²) in [5, 5.41) is 0. The van der Waals surface area contributed by atoms with Gasteiger partial charge in [0, 0.05) is 11.1 Å². The molecule has 0 amide bonds. The van der Waals surface area contributed by atoms with Crippen molar-refractivity contribution in [3.05, 3.63) is 71.8 Å². The van der Waals surface area contributed by atoms with Gasteiger partial charge in [-0.25, -0.2) is 9.59 Å². The average Bonchev–Trinajstić information content (AvgIpc) is 2.68. The number of carbonyl (C=O) groups excluding carboxylic acids is 2. The fourth-order valence-corrected chi connectivity index (χ4v) is 3.39. The SMILES string of the molecule is O=[C]OC(C(=O)OC1CCCCC1)(c1ccccc1)c1ccccc1. The van der Waals surface area contributed by atoms with E-state index in [1.807, 2.05) is 12.1 Å². The molecule has 0 spiro atoms. The third-order valence-electron chi connectivity index (χ3n) is 4.67. The summed E-state index contributed by atoms with van der Waals surface area (Å²) < 4.78 is 11.1. The van der Waals surface area contributed by atoms with E-state index in [0.717, 1.165) is 32.1 Å². The first kappa shape index (κ1) is 17.2. The lowest BCUT2D eigenvalue weighted by atomic mass is 9.85. The van der Waals surface area contributed by atoms with Gasteiger partial charge >= 0.3 is 12.4 Å². The largest absolute Gasteiger partial charge is 0.459 e. The van der Waals surface area contributed by atoms with Crippen LogP contribution in [-0.4, -0.2) is 18.5 Å². The van der Waals surface area contributed by atoms with E-state index >= 15 is 0 Å². The zero-order valence-electron chi connectivity index (χ0n) is 14.0. The predicted molar refractivity (Wildman–Crippen MR) is 93.4 cm³/mol. The zero-order valence-corrected chi connectivity index (χ0v) is 14.0. The van der Waals surface area contributed by atoms with Crippen LogP contribution in [0.1, 0.15) is 43.2 Å². The first-order valence-electron chi connectivity index (χ1n) is 8.64. The molecule has 1 saturated carbocycles. The van der Waals surface area contributed by atoms with Crippen LogP contribution in [0.2, 0.25) is 0 Å². The van der Waals surface area contributed by atoms with Gasteiger partial charge in [0.05, 0.1) is 0 Å². The van der Waals surface area contributed by atoms with Crippen LogP contribution in [0.15, 0.2) is 60.7 Å². The van der Waals surface area contributed by atoms with Gasteiger partial charge in [-0.2, -0.15) is 0 Å². The van der Waals surface area contributed by atoms with Crippen molar-refractivity contribution in [1.29, 1.82) is 0 Å². The molecule has 1 aliphatic carbocycles. The fourth-order valence-electron chi connectivity index (χ4n) is 3.39. The molecule has 0 atom stereocenters. The Balaban J connectivity index is 2.03. The molecule has 1 aliphatic rings. The van der Waals surface area contributed by atoms with Crippen molar-refractivity contribution < 1.29 is 19.1 Å². The summed E-state index contributed by atoms with van der Waals surface area (Å²) in [7, 11) is 0. The molecule has 0 heterocycles. The van der Waals surface area contributed by atoms with E-state index in [-0.39, 0.29) is 6.10 Å². The highest BCUT2D eigenvalue weighted by Gasteiger charge is 2.47. The Bertz CT molecular complexity index is 651. The van der Waals surface area contributed by atoms with Crippen LogP contribution >= 0.6 is 0 Å². The predicted octanol–water partition coefficient (Wildman–Crippen LogP) is 3.89. The quantitative estimate of drug-likeness (QED) is 0.751. The van der Waals surface area contributed by atoms with E-state index in [9.17, 15) is 9.59 Å². The summed E-state index contributed by atoms with van der Waals surface area (Å²) >= 11 is 0. The molecule has 129 valence electrons. The van der Waals surface area contributed by atoms with Crippen molar-refractivity contribution in [3.63, 3.8) is 0 Å². The van der Waals surface area contributed by atoms with Gasteiger partial charge in [-0.1, -0.05) is 67.1 Å². The minimum Gasteiger partial charge on any atom is -0.459 e. The lowest BCUT2D eigenvalue weighted by Gasteiger charge is -2.32. The van der Waals surface area contributed by atoms with Crippen LogP contribution in [0.25, 0.3) is 0 Å². The number of carbonyl (C=O) groups is 1. The summed E-state index contributed by atoms with van der Waals surface area (Å²) in [6, 6.07) is 17.9. The molecule has 0 saturated heterocycles. The van der Waals surface area contributed by atoms with Gasteiger partial charge in [-0.3, -0.25) is 0 Å². The zero-order chi connectivity index (χ0) is 17.5. The monoisotopic (exact) mass is 337 g/mol. The second-order valence-electron chi connectivity index (χ2n) is 6.26. The highest BCUT2D eigenvalue weighted by molar-refractivity contribution is 5.87. The number of hydrogen-bond donors (Lipinski definition) is 0. The highest BCUT2D eigenvalue weighted by atomic mass is 16.6. The molecule has 1 radical (unpaired) electrons. The normalized spacial score (nSPS) is 15.4. The summed E-state index contributed by atoms with van der Waals surface area (Å²) in [5.74, 6) is -0.569. The van der Waals surface area contributed by atoms with Gasteiger partial charge in [0.25, 0.3) is 5.60 Å². The lowest BCUT2D eigenvalue weighted by Crippen LogP contribution is -2.43. The molecular weight excluding hydrogens is 316 g/mol. The molecule has 2 aromatic carbocycles. The molecule has 0 unspecified atom stereocenters. The van der Waals surface area contributed by atoms with Crippen LogP contribution in [0, 0.1) is 0 Å². The molecule has 0 N–H and O–H groups in total. The summed E-state index contributed by atoms with van der Waals surface area (Å²) in [6.45, 7) is 1.47. The van der Waals surface area contributed by atoms with E-state index in [1.165, 1.54) is 6.47 Å². The Morgan fingerprint density at radius 3 is 1.88 bits per heavy atom. The third-order valence-corrected chi connectivity index (χ3v) is 4.67. The second-order valence-corrected chi connectivity index (χ2v) is 6.26. The Kier molecular flexibility index (Phi) is 5.49. The maximum atomic E-state index is 13.2. The average molecular weight is 337 g/mol. The topological polar surface area (TPSA) is 52.6 Å². The Morgan fingerprint density at radius 2 is 1.40 bits per heavy atom. The fraction of sp³-hybridized carbons (Fsp3) is 0.333. The van der Waals surface area contributed by atoms with Crippen LogP contribution in [0.5, 0.6) is 0 Å². The number of hydrogen-bond acceptors (Lipinski definition) is 4. The van der Waals surface area contributed by atoms with Gasteiger partial charge in [0.15, 0.2) is 0 Å². The van der Waals surface area contributed by atoms with Gasteiger partial charge in [0.1, 0.15) is 6.10 Å². The minimum absolute atomic E-state index is 0.136. The Hall–Kier alpha value is -2.62. The van der Waals surface area contributed by atoms with Crippen molar-refractivity contribution in [3.8, 4) is 0 Å². The first-order chi connectivity index (χ1) is 12.3. The van der Waals surface area contributed by atoms with Crippen LogP contribution in [0.4, 0.5) is 0 Å². The number of esters is 1. The Labute approximate surface area is 147 Å². The minimum atomic E-state index is -1.64. The molecule has 0 aliphatic heterocycles. The van der Waals surface area contributed by atoms with Crippen molar-refractivity contribution >= 4 is 12.4 Å². The second kappa shape index (κ2) is 7.97. The summed E-state index contributed by atoms with van der Waals surface area (Å²) in [6.07, 6.45) is 4.80. The smallest absolute Gasteiger partial charge is 0.419 e. The molecule has 0 bridgehead atoms. The van der Waals surface area contributed by atoms with E-state index in [4.69, 9.17) is 9.47 Å². The van der Waals surface area contributed by atoms with Gasteiger partial charge in [-0.15, -0.1) is 0 Å². The molecule has 4 heteroatoms. The lowest BCUT2D eigenvalue weighted by molar-refractivity contribution is -0.167. The summed E-state index contributed by atoms with van der Waals surface area (Å²) in [4.78, 5) is 24.4. The van der Waals surface area contributed by atoms with E-state index in [2.05, 4.69) is 0 Å².